The molecule has 1 aromatic heterocycles. The second kappa shape index (κ2) is 10.3. The van der Waals surface area contributed by atoms with E-state index in [-0.39, 0.29) is 5.91 Å². The molecule has 0 aliphatic carbocycles. The molecule has 0 saturated carbocycles. The van der Waals surface area contributed by atoms with Crippen molar-refractivity contribution in [3.05, 3.63) is 107 Å². The average molecular weight is 498 g/mol. The second-order valence-corrected chi connectivity index (χ2v) is 9.51. The molecule has 1 atom stereocenters. The van der Waals surface area contributed by atoms with Gasteiger partial charge in [0.25, 0.3) is 5.91 Å². The highest BCUT2D eigenvalue weighted by atomic mass is 32.2. The summed E-state index contributed by atoms with van der Waals surface area (Å²) in [5.74, 6) is 1.74. The van der Waals surface area contributed by atoms with Gasteiger partial charge in [-0.3, -0.25) is 4.79 Å². The Morgan fingerprint density at radius 2 is 1.83 bits per heavy atom. The van der Waals surface area contributed by atoms with Crippen LogP contribution in [-0.4, -0.2) is 27.8 Å². The summed E-state index contributed by atoms with van der Waals surface area (Å²) in [6.45, 7) is 3.98. The number of nitrogens with zero attached hydrogens (tertiary/aromatic N) is 3. The van der Waals surface area contributed by atoms with E-state index in [0.717, 1.165) is 17.0 Å². The largest absolute Gasteiger partial charge is 0.495 e. The van der Waals surface area contributed by atoms with E-state index >= 15 is 0 Å². The zero-order valence-corrected chi connectivity index (χ0v) is 21.2. The lowest BCUT2D eigenvalue weighted by atomic mass is 9.95. The van der Waals surface area contributed by atoms with Crippen LogP contribution in [0.3, 0.4) is 0 Å². The first-order valence-corrected chi connectivity index (χ1v) is 12.6. The number of ether oxygens (including phenoxy) is 1. The molecule has 1 amide bonds. The molecule has 2 heterocycles. The minimum absolute atomic E-state index is 0.228. The number of benzene rings is 3. The van der Waals surface area contributed by atoms with Crippen LogP contribution in [0.4, 0.5) is 11.6 Å². The van der Waals surface area contributed by atoms with Gasteiger partial charge in [-0.1, -0.05) is 84.1 Å². The summed E-state index contributed by atoms with van der Waals surface area (Å²) in [7, 11) is 1.59. The number of amides is 1. The Hall–Kier alpha value is -4.04. The van der Waals surface area contributed by atoms with Gasteiger partial charge < -0.3 is 15.4 Å². The van der Waals surface area contributed by atoms with E-state index in [4.69, 9.17) is 14.8 Å². The summed E-state index contributed by atoms with van der Waals surface area (Å²) in [6.07, 6.45) is 0. The van der Waals surface area contributed by atoms with E-state index in [0.29, 0.717) is 28.1 Å². The van der Waals surface area contributed by atoms with Crippen LogP contribution in [0.5, 0.6) is 5.75 Å². The van der Waals surface area contributed by atoms with Crippen molar-refractivity contribution in [1.82, 2.24) is 14.8 Å². The van der Waals surface area contributed by atoms with Gasteiger partial charge >= 0.3 is 0 Å². The highest BCUT2D eigenvalue weighted by Crippen LogP contribution is 2.37. The Labute approximate surface area is 214 Å². The smallest absolute Gasteiger partial charge is 0.255 e. The fourth-order valence-electron chi connectivity index (χ4n) is 4.32. The zero-order chi connectivity index (χ0) is 25.1. The maximum Gasteiger partial charge on any atom is 0.255 e. The average Bonchev–Trinajstić information content (AvgIpc) is 3.30. The molecule has 0 unspecified atom stereocenters. The summed E-state index contributed by atoms with van der Waals surface area (Å²) in [5.41, 5.74) is 5.29. The number of nitrogens with one attached hydrogen (secondary N) is 2. The summed E-state index contributed by atoms with van der Waals surface area (Å²) in [6, 6.07) is 25.2. The van der Waals surface area contributed by atoms with E-state index in [9.17, 15) is 4.79 Å². The van der Waals surface area contributed by atoms with Crippen molar-refractivity contribution in [2.45, 2.75) is 30.8 Å². The van der Waals surface area contributed by atoms with Gasteiger partial charge in [-0.05, 0) is 37.1 Å². The number of fused-ring (bicyclic) bond motifs is 1. The molecule has 0 radical (unpaired) electrons. The molecule has 0 spiro atoms. The van der Waals surface area contributed by atoms with Crippen molar-refractivity contribution in [2.24, 2.45) is 0 Å². The number of hydrogen-bond acceptors (Lipinski definition) is 6. The lowest BCUT2D eigenvalue weighted by molar-refractivity contribution is -0.113. The number of hydrogen-bond donors (Lipinski definition) is 2. The Morgan fingerprint density at radius 3 is 2.61 bits per heavy atom. The number of rotatable bonds is 7. The van der Waals surface area contributed by atoms with Gasteiger partial charge in [-0.2, -0.15) is 4.98 Å². The molecule has 0 bridgehead atoms. The van der Waals surface area contributed by atoms with Crippen LogP contribution in [0.2, 0.25) is 0 Å². The molecule has 5 rings (SSSR count). The van der Waals surface area contributed by atoms with Gasteiger partial charge in [-0.15, -0.1) is 5.10 Å². The number of allylic oxidation sites excluding steroid dienone is 1. The van der Waals surface area contributed by atoms with Crippen molar-refractivity contribution in [1.29, 1.82) is 0 Å². The van der Waals surface area contributed by atoms with Crippen LogP contribution >= 0.6 is 11.8 Å². The number of anilines is 2. The van der Waals surface area contributed by atoms with Crippen molar-refractivity contribution in [3.8, 4) is 5.75 Å². The maximum atomic E-state index is 13.7. The van der Waals surface area contributed by atoms with Gasteiger partial charge in [0.15, 0.2) is 0 Å². The predicted molar refractivity (Wildman–Crippen MR) is 143 cm³/mol. The highest BCUT2D eigenvalue weighted by Gasteiger charge is 2.34. The van der Waals surface area contributed by atoms with Crippen LogP contribution in [0, 0.1) is 6.92 Å². The molecular formula is C28H27N5O2S. The molecular weight excluding hydrogens is 470 g/mol. The third-order valence-corrected chi connectivity index (χ3v) is 6.91. The van der Waals surface area contributed by atoms with Crippen LogP contribution in [0.15, 0.2) is 95.3 Å². The van der Waals surface area contributed by atoms with Gasteiger partial charge in [0.1, 0.15) is 11.8 Å². The fraction of sp³-hybridized carbons (Fsp3) is 0.179. The highest BCUT2D eigenvalue weighted by molar-refractivity contribution is 7.98. The quantitative estimate of drug-likeness (QED) is 0.314. The van der Waals surface area contributed by atoms with Crippen LogP contribution in [-0.2, 0) is 10.5 Å². The summed E-state index contributed by atoms with van der Waals surface area (Å²) < 4.78 is 7.23. The lowest BCUT2D eigenvalue weighted by Gasteiger charge is -2.28. The fourth-order valence-corrected chi connectivity index (χ4v) is 5.09. The SMILES string of the molecule is COc1ccccc1NC(=O)C1=C(C)Nc2nc(SCc3cccc(C)c3)nn2[C@H]1c1ccccc1. The molecule has 0 fully saturated rings. The summed E-state index contributed by atoms with van der Waals surface area (Å²) in [5, 5.41) is 11.8. The van der Waals surface area contributed by atoms with E-state index in [1.54, 1.807) is 23.6 Å². The molecule has 8 heteroatoms. The number of aryl methyl sites for hydroxylation is 1. The first-order chi connectivity index (χ1) is 17.5. The Morgan fingerprint density at radius 1 is 1.06 bits per heavy atom. The number of methoxy groups -OCH3 is 1. The Bertz CT molecular complexity index is 1430. The minimum atomic E-state index is -0.432. The Kier molecular flexibility index (Phi) is 6.77. The molecule has 182 valence electrons. The van der Waals surface area contributed by atoms with Crippen molar-refractivity contribution in [2.75, 3.05) is 17.7 Å². The van der Waals surface area contributed by atoms with E-state index < -0.39 is 6.04 Å². The van der Waals surface area contributed by atoms with Gasteiger partial charge in [-0.25, -0.2) is 4.68 Å². The Balaban J connectivity index is 1.48. The van der Waals surface area contributed by atoms with Gasteiger partial charge in [0.05, 0.1) is 18.4 Å². The molecule has 7 nitrogen and oxygen atoms in total. The van der Waals surface area contributed by atoms with Crippen molar-refractivity contribution >= 4 is 29.3 Å². The van der Waals surface area contributed by atoms with E-state index in [1.807, 2.05) is 61.5 Å². The molecule has 1 aliphatic heterocycles. The topological polar surface area (TPSA) is 81.1 Å². The van der Waals surface area contributed by atoms with E-state index in [2.05, 4.69) is 41.8 Å². The minimum Gasteiger partial charge on any atom is -0.495 e. The van der Waals surface area contributed by atoms with Gasteiger partial charge in [0, 0.05) is 11.4 Å². The monoisotopic (exact) mass is 497 g/mol. The molecule has 3 aromatic carbocycles. The zero-order valence-electron chi connectivity index (χ0n) is 20.4. The van der Waals surface area contributed by atoms with E-state index in [1.165, 1.54) is 11.1 Å². The first-order valence-electron chi connectivity index (χ1n) is 11.7. The molecule has 36 heavy (non-hydrogen) atoms. The third kappa shape index (κ3) is 4.85. The number of para-hydroxylation sites is 2. The third-order valence-electron chi connectivity index (χ3n) is 6.00. The second-order valence-electron chi connectivity index (χ2n) is 8.57. The van der Waals surface area contributed by atoms with Crippen molar-refractivity contribution in [3.63, 3.8) is 0 Å². The number of thioether (sulfide) groups is 1. The normalized spacial score (nSPS) is 14.7. The molecule has 1 aliphatic rings. The van der Waals surface area contributed by atoms with Crippen LogP contribution in [0.25, 0.3) is 0 Å². The molecule has 4 aromatic rings. The standard InChI is InChI=1S/C28H27N5O2S/c1-18-10-9-11-20(16-18)17-36-28-31-27-29-19(2)24(25(33(27)32-28)21-12-5-4-6-13-21)26(34)30-22-14-7-8-15-23(22)35-3/h4-16,25H,17H2,1-3H3,(H,30,34)(H,29,31,32)/t25-/m0/s1. The number of carbonyl (C=O) groups is 1. The molecule has 2 N–H and O–H groups in total. The van der Waals surface area contributed by atoms with Gasteiger partial charge in [0.2, 0.25) is 11.1 Å². The number of carbonyl (C=O) groups excluding carboxylic acids is 1. The van der Waals surface area contributed by atoms with Crippen LogP contribution < -0.4 is 15.4 Å². The summed E-state index contributed by atoms with van der Waals surface area (Å²) >= 11 is 1.57. The number of aromatic nitrogens is 3. The first kappa shape index (κ1) is 23.7. The van der Waals surface area contributed by atoms with Crippen molar-refractivity contribution < 1.29 is 9.53 Å². The maximum absolute atomic E-state index is 13.7. The summed E-state index contributed by atoms with van der Waals surface area (Å²) in [4.78, 5) is 18.4. The molecule has 0 saturated heterocycles. The van der Waals surface area contributed by atoms with Crippen LogP contribution in [0.1, 0.15) is 29.7 Å². The predicted octanol–water partition coefficient (Wildman–Crippen LogP) is 5.82. The lowest BCUT2D eigenvalue weighted by Crippen LogP contribution is -2.31.